The van der Waals surface area contributed by atoms with Crippen molar-refractivity contribution in [3.05, 3.63) is 22.4 Å². The molecule has 20 heavy (non-hydrogen) atoms. The Hall–Kier alpha value is -0.870. The van der Waals surface area contributed by atoms with Crippen LogP contribution in [-0.4, -0.2) is 22.9 Å². The van der Waals surface area contributed by atoms with Crippen molar-refractivity contribution >= 4 is 17.2 Å². The molecule has 1 saturated heterocycles. The van der Waals surface area contributed by atoms with Crippen LogP contribution in [0.4, 0.5) is 0 Å². The molecule has 0 aromatic carbocycles. The third-order valence-electron chi connectivity index (χ3n) is 5.34. The first-order valence-corrected chi connectivity index (χ1v) is 8.79. The van der Waals surface area contributed by atoms with Crippen LogP contribution in [0.5, 0.6) is 0 Å². The Labute approximate surface area is 124 Å². The van der Waals surface area contributed by atoms with Gasteiger partial charge in [-0.25, -0.2) is 0 Å². The van der Waals surface area contributed by atoms with Gasteiger partial charge in [0, 0.05) is 11.4 Å². The molecule has 1 atom stereocenters. The van der Waals surface area contributed by atoms with E-state index >= 15 is 0 Å². The molecule has 0 radical (unpaired) electrons. The van der Waals surface area contributed by atoms with Gasteiger partial charge in [0.2, 0.25) is 5.91 Å². The van der Waals surface area contributed by atoms with E-state index in [2.05, 4.69) is 27.7 Å². The van der Waals surface area contributed by atoms with Crippen LogP contribution in [0.15, 0.2) is 17.5 Å². The minimum atomic E-state index is -0.238. The summed E-state index contributed by atoms with van der Waals surface area (Å²) in [6.45, 7) is 0.955. The van der Waals surface area contributed by atoms with Gasteiger partial charge in [-0.15, -0.1) is 11.3 Å². The SMILES string of the molecule is O=C1N(CC2CCC2)C(c2cccs2)NC12CCCC2. The summed E-state index contributed by atoms with van der Waals surface area (Å²) in [4.78, 5) is 16.4. The normalized spacial score (nSPS) is 29.3. The highest BCUT2D eigenvalue weighted by molar-refractivity contribution is 7.10. The molecule has 2 saturated carbocycles. The number of amides is 1. The lowest BCUT2D eigenvalue weighted by Gasteiger charge is -2.32. The largest absolute Gasteiger partial charge is 0.320 e. The lowest BCUT2D eigenvalue weighted by atomic mass is 9.85. The Balaban J connectivity index is 1.62. The topological polar surface area (TPSA) is 32.3 Å². The highest BCUT2D eigenvalue weighted by Crippen LogP contribution is 2.43. The van der Waals surface area contributed by atoms with Gasteiger partial charge < -0.3 is 4.90 Å². The molecule has 4 heteroatoms. The van der Waals surface area contributed by atoms with Crippen LogP contribution < -0.4 is 5.32 Å². The Morgan fingerprint density at radius 2 is 2.10 bits per heavy atom. The maximum atomic E-state index is 13.0. The van der Waals surface area contributed by atoms with E-state index in [1.54, 1.807) is 11.3 Å². The lowest BCUT2D eigenvalue weighted by molar-refractivity contribution is -0.134. The zero-order chi connectivity index (χ0) is 13.6. The number of carbonyl (C=O) groups is 1. The van der Waals surface area contributed by atoms with E-state index in [0.29, 0.717) is 5.91 Å². The van der Waals surface area contributed by atoms with E-state index in [9.17, 15) is 4.79 Å². The van der Waals surface area contributed by atoms with Gasteiger partial charge >= 0.3 is 0 Å². The van der Waals surface area contributed by atoms with Crippen LogP contribution in [0.1, 0.15) is 56.0 Å². The number of thiophene rings is 1. The van der Waals surface area contributed by atoms with Gasteiger partial charge in [0.15, 0.2) is 0 Å². The molecule has 1 aromatic heterocycles. The molecular weight excluding hydrogens is 268 g/mol. The van der Waals surface area contributed by atoms with Gasteiger partial charge in [-0.2, -0.15) is 0 Å². The summed E-state index contributed by atoms with van der Waals surface area (Å²) in [7, 11) is 0. The van der Waals surface area contributed by atoms with Crippen LogP contribution in [-0.2, 0) is 4.79 Å². The van der Waals surface area contributed by atoms with Crippen molar-refractivity contribution in [2.75, 3.05) is 6.54 Å². The Morgan fingerprint density at radius 1 is 1.30 bits per heavy atom. The number of rotatable bonds is 3. The molecule has 0 bridgehead atoms. The van der Waals surface area contributed by atoms with Gasteiger partial charge in [0.05, 0.1) is 5.54 Å². The summed E-state index contributed by atoms with van der Waals surface area (Å²) in [5.74, 6) is 1.11. The summed E-state index contributed by atoms with van der Waals surface area (Å²) in [6.07, 6.45) is 8.49. The minimum absolute atomic E-state index is 0.126. The van der Waals surface area contributed by atoms with Crippen LogP contribution in [0, 0.1) is 5.92 Å². The number of hydrogen-bond donors (Lipinski definition) is 1. The number of nitrogens with one attached hydrogen (secondary N) is 1. The maximum Gasteiger partial charge on any atom is 0.244 e. The van der Waals surface area contributed by atoms with Gasteiger partial charge in [-0.3, -0.25) is 10.1 Å². The summed E-state index contributed by atoms with van der Waals surface area (Å²) in [6, 6.07) is 4.25. The van der Waals surface area contributed by atoms with E-state index in [1.807, 2.05) is 0 Å². The molecular formula is C16H22N2OS. The standard InChI is InChI=1S/C16H22N2OS/c19-15-16(8-1-2-9-16)17-14(13-7-4-10-20-13)18(15)11-12-5-3-6-12/h4,7,10,12,14,17H,1-3,5-6,8-9,11H2. The second kappa shape index (κ2) is 4.85. The zero-order valence-electron chi connectivity index (χ0n) is 11.8. The summed E-state index contributed by atoms with van der Waals surface area (Å²) < 4.78 is 0. The molecule has 3 nitrogen and oxygen atoms in total. The first-order chi connectivity index (χ1) is 9.78. The van der Waals surface area contributed by atoms with Gasteiger partial charge in [0.25, 0.3) is 0 Å². The second-order valence-corrected chi connectivity index (χ2v) is 7.59. The van der Waals surface area contributed by atoms with Gasteiger partial charge in [-0.1, -0.05) is 25.3 Å². The van der Waals surface area contributed by atoms with E-state index in [-0.39, 0.29) is 11.7 Å². The third kappa shape index (κ3) is 1.92. The first-order valence-electron chi connectivity index (χ1n) is 7.91. The van der Waals surface area contributed by atoms with Crippen LogP contribution >= 0.6 is 11.3 Å². The Bertz CT molecular complexity index is 489. The van der Waals surface area contributed by atoms with Crippen molar-refractivity contribution in [2.45, 2.75) is 56.7 Å². The Morgan fingerprint density at radius 3 is 2.70 bits per heavy atom. The average Bonchev–Trinajstić information content (AvgIpc) is 3.11. The van der Waals surface area contributed by atoms with Crippen LogP contribution in [0.3, 0.4) is 0 Å². The fraction of sp³-hybridized carbons (Fsp3) is 0.688. The van der Waals surface area contributed by atoms with Gasteiger partial charge in [0.1, 0.15) is 6.17 Å². The molecule has 3 aliphatic rings. The first kappa shape index (κ1) is 12.8. The molecule has 1 amide bonds. The van der Waals surface area contributed by atoms with Crippen molar-refractivity contribution in [1.82, 2.24) is 10.2 Å². The van der Waals surface area contributed by atoms with E-state index in [1.165, 1.54) is 37.0 Å². The highest BCUT2D eigenvalue weighted by atomic mass is 32.1. The monoisotopic (exact) mass is 290 g/mol. The summed E-state index contributed by atoms with van der Waals surface area (Å²) in [5.41, 5.74) is -0.238. The second-order valence-electron chi connectivity index (χ2n) is 6.61. The smallest absolute Gasteiger partial charge is 0.244 e. The molecule has 1 N–H and O–H groups in total. The fourth-order valence-electron chi connectivity index (χ4n) is 3.94. The van der Waals surface area contributed by atoms with Crippen LogP contribution in [0.2, 0.25) is 0 Å². The quantitative estimate of drug-likeness (QED) is 0.926. The molecule has 1 aromatic rings. The van der Waals surface area contributed by atoms with Gasteiger partial charge in [-0.05, 0) is 43.0 Å². The molecule has 2 heterocycles. The lowest BCUT2D eigenvalue weighted by Crippen LogP contribution is -2.44. The maximum absolute atomic E-state index is 13.0. The molecule has 108 valence electrons. The molecule has 1 spiro atoms. The van der Waals surface area contributed by atoms with E-state index < -0.39 is 0 Å². The highest BCUT2D eigenvalue weighted by Gasteiger charge is 2.53. The van der Waals surface area contributed by atoms with E-state index in [0.717, 1.165) is 25.3 Å². The van der Waals surface area contributed by atoms with Crippen molar-refractivity contribution in [3.8, 4) is 0 Å². The molecule has 3 fully saturated rings. The average molecular weight is 290 g/mol. The predicted octanol–water partition coefficient (Wildman–Crippen LogP) is 3.29. The Kier molecular flexibility index (Phi) is 3.11. The van der Waals surface area contributed by atoms with Crippen LogP contribution in [0.25, 0.3) is 0 Å². The number of hydrogen-bond acceptors (Lipinski definition) is 3. The minimum Gasteiger partial charge on any atom is -0.320 e. The third-order valence-corrected chi connectivity index (χ3v) is 6.27. The molecule has 2 aliphatic carbocycles. The molecule has 4 rings (SSSR count). The number of carbonyl (C=O) groups excluding carboxylic acids is 1. The van der Waals surface area contributed by atoms with Crippen molar-refractivity contribution in [1.29, 1.82) is 0 Å². The predicted molar refractivity (Wildman–Crippen MR) is 80.4 cm³/mol. The van der Waals surface area contributed by atoms with Crippen molar-refractivity contribution < 1.29 is 4.79 Å². The van der Waals surface area contributed by atoms with Crippen molar-refractivity contribution in [2.24, 2.45) is 5.92 Å². The zero-order valence-corrected chi connectivity index (χ0v) is 12.6. The van der Waals surface area contributed by atoms with E-state index in [4.69, 9.17) is 0 Å². The molecule has 1 unspecified atom stereocenters. The summed E-state index contributed by atoms with van der Waals surface area (Å²) >= 11 is 1.76. The molecule has 1 aliphatic heterocycles. The number of nitrogens with zero attached hydrogens (tertiary/aromatic N) is 1. The summed E-state index contributed by atoms with van der Waals surface area (Å²) in [5, 5.41) is 5.82. The van der Waals surface area contributed by atoms with Crippen molar-refractivity contribution in [3.63, 3.8) is 0 Å². The fourth-order valence-corrected chi connectivity index (χ4v) is 4.73.